The van der Waals surface area contributed by atoms with Crippen molar-refractivity contribution in [3.05, 3.63) is 76.5 Å². The summed E-state index contributed by atoms with van der Waals surface area (Å²) in [5, 5.41) is 8.92. The molecule has 1 saturated heterocycles. The van der Waals surface area contributed by atoms with Gasteiger partial charge >= 0.3 is 6.18 Å². The van der Waals surface area contributed by atoms with Crippen LogP contribution in [-0.4, -0.2) is 59.5 Å². The van der Waals surface area contributed by atoms with Crippen LogP contribution < -0.4 is 25.4 Å². The van der Waals surface area contributed by atoms with Gasteiger partial charge in [-0.05, 0) is 55.3 Å². The molecule has 2 aromatic carbocycles. The van der Waals surface area contributed by atoms with E-state index in [0.29, 0.717) is 49.0 Å². The third-order valence-corrected chi connectivity index (χ3v) is 8.48. The van der Waals surface area contributed by atoms with E-state index in [1.165, 1.54) is 12.1 Å². The molecule has 1 aromatic heterocycles. The number of hydrogen-bond acceptors (Lipinski definition) is 7. The Labute approximate surface area is 245 Å². The Kier molecular flexibility index (Phi) is 6.77. The summed E-state index contributed by atoms with van der Waals surface area (Å²) in [6.07, 6.45) is -2.45. The number of carbonyl (C=O) groups is 2. The van der Waals surface area contributed by atoms with E-state index < -0.39 is 17.6 Å². The normalized spacial score (nSPS) is 24.2. The van der Waals surface area contributed by atoms with Crippen molar-refractivity contribution in [2.24, 2.45) is 0 Å². The van der Waals surface area contributed by atoms with Gasteiger partial charge < -0.3 is 25.4 Å². The van der Waals surface area contributed by atoms with Gasteiger partial charge in [0.05, 0.1) is 17.5 Å². The lowest BCUT2D eigenvalue weighted by atomic mass is 10.0. The highest BCUT2D eigenvalue weighted by Gasteiger charge is 2.59. The Bertz CT molecular complexity index is 1610. The van der Waals surface area contributed by atoms with Gasteiger partial charge in [0, 0.05) is 61.5 Å². The van der Waals surface area contributed by atoms with Crippen molar-refractivity contribution < 1.29 is 32.2 Å². The number of nitrogens with one attached hydrogen (secondary N) is 3. The average molecular weight is 594 g/mol. The molecule has 3 aliphatic heterocycles. The predicted molar refractivity (Wildman–Crippen MR) is 150 cm³/mol. The third-order valence-electron chi connectivity index (χ3n) is 8.48. The van der Waals surface area contributed by atoms with Gasteiger partial charge in [-0.1, -0.05) is 6.07 Å². The summed E-state index contributed by atoms with van der Waals surface area (Å²) in [7, 11) is 0. The largest absolute Gasteiger partial charge is 0.487 e. The fraction of sp³-hybridized carbons (Fsp3) is 0.387. The molecular formula is C31H30F3N5O4. The number of aromatic nitrogens is 1. The first-order valence-corrected chi connectivity index (χ1v) is 14.4. The number of pyridine rings is 1. The number of ether oxygens (including phenoxy) is 2. The number of amides is 2. The number of carbonyl (C=O) groups excluding carboxylic acids is 2. The highest BCUT2D eigenvalue weighted by molar-refractivity contribution is 5.95. The summed E-state index contributed by atoms with van der Waals surface area (Å²) in [6, 6.07) is 10.8. The minimum Gasteiger partial charge on any atom is -0.487 e. The molecule has 9 nitrogen and oxygen atoms in total. The van der Waals surface area contributed by atoms with E-state index in [1.807, 2.05) is 17.9 Å². The molecule has 224 valence electrons. The second-order valence-electron chi connectivity index (χ2n) is 11.6. The minimum atomic E-state index is -4.58. The molecular weight excluding hydrogens is 563 g/mol. The number of halogens is 3. The van der Waals surface area contributed by atoms with Crippen molar-refractivity contribution in [1.82, 2.24) is 20.5 Å². The van der Waals surface area contributed by atoms with Crippen molar-refractivity contribution in [2.75, 3.05) is 25.0 Å². The molecule has 7 rings (SSSR count). The highest BCUT2D eigenvalue weighted by Crippen LogP contribution is 2.54. The molecule has 4 heterocycles. The van der Waals surface area contributed by atoms with Gasteiger partial charge in [-0.25, -0.2) is 4.98 Å². The number of benzene rings is 2. The van der Waals surface area contributed by atoms with Crippen molar-refractivity contribution in [1.29, 1.82) is 0 Å². The van der Waals surface area contributed by atoms with E-state index in [0.717, 1.165) is 23.7 Å². The van der Waals surface area contributed by atoms with Gasteiger partial charge in [-0.3, -0.25) is 14.5 Å². The fourth-order valence-electron chi connectivity index (χ4n) is 6.31. The second-order valence-corrected chi connectivity index (χ2v) is 11.6. The van der Waals surface area contributed by atoms with Crippen LogP contribution in [0.1, 0.15) is 51.9 Å². The van der Waals surface area contributed by atoms with Crippen molar-refractivity contribution in [2.45, 2.75) is 56.6 Å². The van der Waals surface area contributed by atoms with Gasteiger partial charge in [0.1, 0.15) is 29.2 Å². The molecule has 0 radical (unpaired) electrons. The molecule has 3 N–H and O–H groups in total. The molecule has 4 atom stereocenters. The first-order chi connectivity index (χ1) is 20.6. The highest BCUT2D eigenvalue weighted by atomic mass is 19.4. The molecule has 3 aromatic rings. The van der Waals surface area contributed by atoms with Crippen LogP contribution in [0.4, 0.5) is 19.0 Å². The molecule has 0 bridgehead atoms. The van der Waals surface area contributed by atoms with E-state index in [4.69, 9.17) is 9.47 Å². The number of hydrogen-bond donors (Lipinski definition) is 3. The van der Waals surface area contributed by atoms with Crippen LogP contribution in [0.25, 0.3) is 0 Å². The van der Waals surface area contributed by atoms with Crippen LogP contribution in [0.15, 0.2) is 48.7 Å². The molecule has 1 saturated carbocycles. The van der Waals surface area contributed by atoms with Gasteiger partial charge in [0.15, 0.2) is 0 Å². The predicted octanol–water partition coefficient (Wildman–Crippen LogP) is 4.23. The Morgan fingerprint density at radius 3 is 2.86 bits per heavy atom. The Morgan fingerprint density at radius 1 is 1.19 bits per heavy atom. The lowest BCUT2D eigenvalue weighted by molar-refractivity contribution is -0.138. The van der Waals surface area contributed by atoms with Crippen molar-refractivity contribution in [3.8, 4) is 17.2 Å². The maximum atomic E-state index is 14.0. The maximum absolute atomic E-state index is 14.0. The number of nitrogens with zero attached hydrogens (tertiary/aromatic N) is 2. The summed E-state index contributed by atoms with van der Waals surface area (Å²) in [5.41, 5.74) is 1.01. The molecule has 4 aliphatic rings. The number of anilines is 1. The van der Waals surface area contributed by atoms with Crippen molar-refractivity contribution in [3.63, 3.8) is 0 Å². The maximum Gasteiger partial charge on any atom is 0.416 e. The van der Waals surface area contributed by atoms with Gasteiger partial charge in [0.2, 0.25) is 5.91 Å². The summed E-state index contributed by atoms with van der Waals surface area (Å²) in [6.45, 7) is 4.20. The Morgan fingerprint density at radius 2 is 2.05 bits per heavy atom. The molecule has 0 spiro atoms. The van der Waals surface area contributed by atoms with Crippen LogP contribution in [-0.2, 0) is 23.9 Å². The quantitative estimate of drug-likeness (QED) is 0.393. The summed E-state index contributed by atoms with van der Waals surface area (Å²) >= 11 is 0. The third kappa shape index (κ3) is 5.40. The average Bonchev–Trinajstić information content (AvgIpc) is 3.48. The standard InChI is InChI=1S/C31H30F3N5O4/c1-16-14-39(11-10-35-16)15-18-3-2-17(12-22(18)31(32,33)34)30(41)38-27-26-21-13-19(4-6-23(21)43-28(26)27)42-24-8-9-36-29-20(24)5-7-25(40)37-29/h2-4,6,8-9,12-13,16,26-28,35H,5,7,10-11,14-15H2,1H3,(H,38,41)(H,36,37,40)/t16-,26-,27?,28-/m0/s1. The molecule has 1 aliphatic carbocycles. The molecule has 12 heteroatoms. The van der Waals surface area contributed by atoms with Crippen LogP contribution in [0.5, 0.6) is 17.2 Å². The number of piperazine rings is 1. The van der Waals surface area contributed by atoms with Crippen molar-refractivity contribution >= 4 is 17.6 Å². The SMILES string of the molecule is C[C@H]1CN(Cc2ccc(C(=O)NC3[C@H]4Oc5ccc(Oc6ccnc7c6CCC(=O)N7)cc5[C@@H]34)cc2C(F)(F)F)CCN1. The summed E-state index contributed by atoms with van der Waals surface area (Å²) in [4.78, 5) is 31.1. The van der Waals surface area contributed by atoms with E-state index in [-0.39, 0.29) is 47.7 Å². The summed E-state index contributed by atoms with van der Waals surface area (Å²) < 4.78 is 54.3. The lowest BCUT2D eigenvalue weighted by Crippen LogP contribution is -2.48. The van der Waals surface area contributed by atoms with E-state index in [2.05, 4.69) is 20.9 Å². The summed E-state index contributed by atoms with van der Waals surface area (Å²) in [5.74, 6) is 1.53. The van der Waals surface area contributed by atoms with Crippen LogP contribution >= 0.6 is 0 Å². The van der Waals surface area contributed by atoms with E-state index >= 15 is 0 Å². The number of rotatable bonds is 6. The number of fused-ring (bicyclic) bond motifs is 4. The second kappa shape index (κ2) is 10.5. The topological polar surface area (TPSA) is 105 Å². The van der Waals surface area contributed by atoms with Gasteiger partial charge in [0.25, 0.3) is 5.91 Å². The number of alkyl halides is 3. The molecule has 1 unspecified atom stereocenters. The Balaban J connectivity index is 1.05. The van der Waals surface area contributed by atoms with Crippen LogP contribution in [0.3, 0.4) is 0 Å². The lowest BCUT2D eigenvalue weighted by Gasteiger charge is -2.32. The molecule has 2 fully saturated rings. The zero-order chi connectivity index (χ0) is 29.9. The van der Waals surface area contributed by atoms with Crippen LogP contribution in [0, 0.1) is 0 Å². The first kappa shape index (κ1) is 27.7. The van der Waals surface area contributed by atoms with E-state index in [1.54, 1.807) is 24.4 Å². The van der Waals surface area contributed by atoms with Gasteiger partial charge in [-0.15, -0.1) is 0 Å². The van der Waals surface area contributed by atoms with Gasteiger partial charge in [-0.2, -0.15) is 13.2 Å². The monoisotopic (exact) mass is 593 g/mol. The van der Waals surface area contributed by atoms with E-state index in [9.17, 15) is 22.8 Å². The minimum absolute atomic E-state index is 0.0402. The Hall–Kier alpha value is -4.16. The first-order valence-electron chi connectivity index (χ1n) is 14.4. The smallest absolute Gasteiger partial charge is 0.416 e. The van der Waals surface area contributed by atoms with Crippen LogP contribution in [0.2, 0.25) is 0 Å². The molecule has 43 heavy (non-hydrogen) atoms. The molecule has 2 amide bonds. The zero-order valence-corrected chi connectivity index (χ0v) is 23.3. The fourth-order valence-corrected chi connectivity index (χ4v) is 6.31. The zero-order valence-electron chi connectivity index (χ0n) is 23.3.